The summed E-state index contributed by atoms with van der Waals surface area (Å²) in [4.78, 5) is 24.9. The van der Waals surface area contributed by atoms with E-state index >= 15 is 0 Å². The monoisotopic (exact) mass is 348 g/mol. The molecule has 2 N–H and O–H groups in total. The Labute approximate surface area is 151 Å². The summed E-state index contributed by atoms with van der Waals surface area (Å²) >= 11 is 0. The van der Waals surface area contributed by atoms with Gasteiger partial charge in [-0.1, -0.05) is 60.7 Å². The van der Waals surface area contributed by atoms with Gasteiger partial charge in [-0.2, -0.15) is 0 Å². The molecular weight excluding hydrogens is 328 g/mol. The van der Waals surface area contributed by atoms with Crippen LogP contribution < -0.4 is 10.9 Å². The van der Waals surface area contributed by atoms with Crippen LogP contribution in [0.1, 0.15) is 16.7 Å². The van der Waals surface area contributed by atoms with Crippen molar-refractivity contribution in [2.75, 3.05) is 5.32 Å². The molecule has 0 aliphatic heterocycles. The number of anilines is 1. The third-order valence-corrected chi connectivity index (χ3v) is 4.40. The largest absolute Gasteiger partial charge is 0.372 e. The maximum atomic E-state index is 13.1. The van der Waals surface area contributed by atoms with E-state index in [1.54, 1.807) is 68.7 Å². The lowest BCUT2D eigenvalue weighted by molar-refractivity contribution is -0.131. The molecule has 132 valence electrons. The molecule has 0 spiro atoms. The zero-order valence-electron chi connectivity index (χ0n) is 14.6. The first-order chi connectivity index (χ1) is 12.4. The van der Waals surface area contributed by atoms with Crippen LogP contribution in [0, 0.1) is 6.92 Å². The number of amides is 1. The minimum atomic E-state index is -1.86. The van der Waals surface area contributed by atoms with Gasteiger partial charge in [-0.3, -0.25) is 9.59 Å². The summed E-state index contributed by atoms with van der Waals surface area (Å²) in [6, 6.07) is 19.0. The van der Waals surface area contributed by atoms with Crippen LogP contribution in [0.3, 0.4) is 0 Å². The van der Waals surface area contributed by atoms with Gasteiger partial charge in [0.05, 0.1) is 5.69 Å². The van der Waals surface area contributed by atoms with Crippen molar-refractivity contribution in [3.05, 3.63) is 100.0 Å². The Morgan fingerprint density at radius 2 is 1.50 bits per heavy atom. The number of hydrogen-bond donors (Lipinski definition) is 2. The molecule has 2 aromatic carbocycles. The molecule has 3 rings (SSSR count). The molecular formula is C21H20N2O3. The van der Waals surface area contributed by atoms with Gasteiger partial charge in [0.1, 0.15) is 0 Å². The fourth-order valence-corrected chi connectivity index (χ4v) is 2.86. The lowest BCUT2D eigenvalue weighted by Crippen LogP contribution is -2.41. The van der Waals surface area contributed by atoms with Gasteiger partial charge >= 0.3 is 0 Å². The first-order valence-corrected chi connectivity index (χ1v) is 8.25. The van der Waals surface area contributed by atoms with E-state index in [1.165, 1.54) is 10.6 Å². The number of benzene rings is 2. The van der Waals surface area contributed by atoms with Crippen molar-refractivity contribution in [3.8, 4) is 0 Å². The number of pyridine rings is 1. The number of aromatic nitrogens is 1. The Bertz CT molecular complexity index is 940. The number of carbonyl (C=O) groups is 1. The molecule has 1 aromatic heterocycles. The fourth-order valence-electron chi connectivity index (χ4n) is 2.86. The Kier molecular flexibility index (Phi) is 4.73. The van der Waals surface area contributed by atoms with Gasteiger partial charge in [-0.25, -0.2) is 0 Å². The van der Waals surface area contributed by atoms with E-state index in [0.717, 1.165) is 0 Å². The second-order valence-corrected chi connectivity index (χ2v) is 6.22. The van der Waals surface area contributed by atoms with E-state index in [-0.39, 0.29) is 5.56 Å². The molecule has 0 bridgehead atoms. The molecule has 0 fully saturated rings. The maximum absolute atomic E-state index is 13.1. The lowest BCUT2D eigenvalue weighted by atomic mass is 9.85. The van der Waals surface area contributed by atoms with Crippen molar-refractivity contribution in [1.29, 1.82) is 0 Å². The van der Waals surface area contributed by atoms with Gasteiger partial charge in [0.15, 0.2) is 5.60 Å². The molecule has 3 aromatic rings. The summed E-state index contributed by atoms with van der Waals surface area (Å²) in [5.41, 5.74) is 0.00969. The number of hydrogen-bond acceptors (Lipinski definition) is 3. The van der Waals surface area contributed by atoms with Crippen LogP contribution in [0.5, 0.6) is 0 Å². The van der Waals surface area contributed by atoms with Crippen LogP contribution >= 0.6 is 0 Å². The molecule has 0 saturated heterocycles. The van der Waals surface area contributed by atoms with Gasteiger partial charge in [0.2, 0.25) is 0 Å². The molecule has 0 atom stereocenters. The number of nitrogens with zero attached hydrogens (tertiary/aromatic N) is 1. The summed E-state index contributed by atoms with van der Waals surface area (Å²) in [5.74, 6) is -0.586. The molecule has 1 amide bonds. The zero-order valence-corrected chi connectivity index (χ0v) is 14.6. The van der Waals surface area contributed by atoms with Crippen LogP contribution in [0.2, 0.25) is 0 Å². The predicted molar refractivity (Wildman–Crippen MR) is 101 cm³/mol. The van der Waals surface area contributed by atoms with Gasteiger partial charge < -0.3 is 15.0 Å². The third kappa shape index (κ3) is 3.17. The average molecular weight is 348 g/mol. The Hall–Kier alpha value is -3.18. The summed E-state index contributed by atoms with van der Waals surface area (Å²) < 4.78 is 1.38. The van der Waals surface area contributed by atoms with Gasteiger partial charge in [-0.15, -0.1) is 0 Å². The minimum Gasteiger partial charge on any atom is -0.372 e. The Morgan fingerprint density at radius 3 is 2.00 bits per heavy atom. The fraction of sp³-hybridized carbons (Fsp3) is 0.143. The van der Waals surface area contributed by atoms with E-state index in [0.29, 0.717) is 22.4 Å². The summed E-state index contributed by atoms with van der Waals surface area (Å²) in [7, 11) is 1.61. The van der Waals surface area contributed by atoms with Crippen molar-refractivity contribution in [1.82, 2.24) is 4.57 Å². The van der Waals surface area contributed by atoms with E-state index in [1.807, 2.05) is 12.1 Å². The van der Waals surface area contributed by atoms with E-state index in [9.17, 15) is 14.7 Å². The van der Waals surface area contributed by atoms with Crippen molar-refractivity contribution in [2.45, 2.75) is 12.5 Å². The molecule has 0 saturated carbocycles. The van der Waals surface area contributed by atoms with Gasteiger partial charge in [0, 0.05) is 19.3 Å². The summed E-state index contributed by atoms with van der Waals surface area (Å²) in [6.45, 7) is 1.74. The van der Waals surface area contributed by atoms with Crippen LogP contribution in [0.15, 0.2) is 77.7 Å². The molecule has 0 radical (unpaired) electrons. The van der Waals surface area contributed by atoms with E-state index in [4.69, 9.17) is 0 Å². The van der Waals surface area contributed by atoms with Gasteiger partial charge in [-0.05, 0) is 23.6 Å². The third-order valence-electron chi connectivity index (χ3n) is 4.40. The summed E-state index contributed by atoms with van der Waals surface area (Å²) in [5, 5.41) is 14.2. The average Bonchev–Trinajstić information content (AvgIpc) is 2.66. The first kappa shape index (κ1) is 17.6. The van der Waals surface area contributed by atoms with Crippen LogP contribution in [-0.4, -0.2) is 15.6 Å². The van der Waals surface area contributed by atoms with E-state index in [2.05, 4.69) is 5.32 Å². The number of nitrogens with one attached hydrogen (secondary N) is 1. The first-order valence-electron chi connectivity index (χ1n) is 8.25. The molecule has 5 heteroatoms. The SMILES string of the molecule is Cc1cc(=O)n(C)cc1NC(=O)C(O)(c1ccccc1)c1ccccc1. The highest BCUT2D eigenvalue weighted by Gasteiger charge is 2.40. The highest BCUT2D eigenvalue weighted by Crippen LogP contribution is 2.31. The highest BCUT2D eigenvalue weighted by atomic mass is 16.3. The molecule has 0 unspecified atom stereocenters. The second-order valence-electron chi connectivity index (χ2n) is 6.22. The second kappa shape index (κ2) is 6.98. The Balaban J connectivity index is 2.07. The predicted octanol–water partition coefficient (Wildman–Crippen LogP) is 2.57. The number of rotatable bonds is 4. The Morgan fingerprint density at radius 1 is 1.00 bits per heavy atom. The smallest absolute Gasteiger partial charge is 0.265 e. The van der Waals surface area contributed by atoms with Crippen molar-refractivity contribution < 1.29 is 9.90 Å². The molecule has 1 heterocycles. The maximum Gasteiger partial charge on any atom is 0.265 e. The molecule has 26 heavy (non-hydrogen) atoms. The molecule has 0 aliphatic rings. The van der Waals surface area contributed by atoms with Gasteiger partial charge in [0.25, 0.3) is 11.5 Å². The number of aryl methyl sites for hydroxylation is 2. The van der Waals surface area contributed by atoms with E-state index < -0.39 is 11.5 Å². The van der Waals surface area contributed by atoms with Crippen molar-refractivity contribution in [3.63, 3.8) is 0 Å². The molecule has 0 aliphatic carbocycles. The quantitative estimate of drug-likeness (QED) is 0.761. The minimum absolute atomic E-state index is 0.165. The van der Waals surface area contributed by atoms with Crippen LogP contribution in [-0.2, 0) is 17.4 Å². The standard InChI is InChI=1S/C21H20N2O3/c1-15-13-19(24)23(2)14-18(15)22-20(25)21(26,16-9-5-3-6-10-16)17-11-7-4-8-12-17/h3-14,26H,1-2H3,(H,22,25). The normalized spacial score (nSPS) is 11.2. The number of aliphatic hydroxyl groups is 1. The van der Waals surface area contributed by atoms with Crippen molar-refractivity contribution >= 4 is 11.6 Å². The summed E-state index contributed by atoms with van der Waals surface area (Å²) in [6.07, 6.45) is 1.55. The number of carbonyl (C=O) groups excluding carboxylic acids is 1. The van der Waals surface area contributed by atoms with Crippen molar-refractivity contribution in [2.24, 2.45) is 7.05 Å². The zero-order chi connectivity index (χ0) is 18.7. The highest BCUT2D eigenvalue weighted by molar-refractivity contribution is 6.00. The van der Waals surface area contributed by atoms with Crippen LogP contribution in [0.25, 0.3) is 0 Å². The lowest BCUT2D eigenvalue weighted by Gasteiger charge is -2.28. The topological polar surface area (TPSA) is 71.3 Å². The van der Waals surface area contributed by atoms with Crippen LogP contribution in [0.4, 0.5) is 5.69 Å². The molecule has 5 nitrogen and oxygen atoms in total.